The summed E-state index contributed by atoms with van der Waals surface area (Å²) in [5.41, 5.74) is 0.00842. The monoisotopic (exact) mass is 390 g/mol. The van der Waals surface area contributed by atoms with Crippen molar-refractivity contribution in [2.45, 2.75) is 4.90 Å². The van der Waals surface area contributed by atoms with Crippen LogP contribution >= 0.6 is 27.5 Å². The van der Waals surface area contributed by atoms with Crippen molar-refractivity contribution in [1.82, 2.24) is 4.98 Å². The van der Waals surface area contributed by atoms with Gasteiger partial charge in [0, 0.05) is 16.9 Å². The number of pyridine rings is 1. The summed E-state index contributed by atoms with van der Waals surface area (Å²) in [7, 11) is -3.94. The maximum atomic E-state index is 12.3. The molecule has 0 amide bonds. The molecule has 6 nitrogen and oxygen atoms in total. The van der Waals surface area contributed by atoms with Crippen LogP contribution < -0.4 is 4.72 Å². The van der Waals surface area contributed by atoms with Crippen LogP contribution in [0, 0.1) is 0 Å². The number of anilines is 1. The van der Waals surface area contributed by atoms with E-state index in [-0.39, 0.29) is 20.0 Å². The lowest BCUT2D eigenvalue weighted by Gasteiger charge is -2.10. The van der Waals surface area contributed by atoms with E-state index in [1.165, 1.54) is 30.6 Å². The average molecular weight is 392 g/mol. The van der Waals surface area contributed by atoms with Gasteiger partial charge in [-0.25, -0.2) is 13.2 Å². The van der Waals surface area contributed by atoms with Crippen molar-refractivity contribution in [2.75, 3.05) is 4.72 Å². The lowest BCUT2D eigenvalue weighted by atomic mass is 10.2. The maximum Gasteiger partial charge on any atom is 0.337 e. The molecule has 0 aliphatic carbocycles. The number of carboxylic acids is 1. The number of benzene rings is 1. The van der Waals surface area contributed by atoms with Crippen LogP contribution in [0.1, 0.15) is 10.4 Å². The van der Waals surface area contributed by atoms with Gasteiger partial charge >= 0.3 is 5.97 Å². The van der Waals surface area contributed by atoms with E-state index >= 15 is 0 Å². The zero-order chi connectivity index (χ0) is 15.6. The van der Waals surface area contributed by atoms with Gasteiger partial charge in [-0.05, 0) is 40.2 Å². The van der Waals surface area contributed by atoms with Crippen LogP contribution in [0.2, 0.25) is 5.02 Å². The third-order valence-electron chi connectivity index (χ3n) is 2.47. The van der Waals surface area contributed by atoms with Crippen molar-refractivity contribution in [2.24, 2.45) is 0 Å². The molecule has 0 spiro atoms. The molecule has 21 heavy (non-hydrogen) atoms. The zero-order valence-electron chi connectivity index (χ0n) is 10.2. The standard InChI is InChI=1S/C12H8BrClN2O4S/c13-10-6-8(5-9(11(10)14)12(17)18)21(19,20)16-7-1-3-15-4-2-7/h1-6H,(H,15,16)(H,17,18). The Balaban J connectivity index is 2.48. The van der Waals surface area contributed by atoms with Gasteiger partial charge in [0.1, 0.15) is 0 Å². The Morgan fingerprint density at radius 2 is 1.90 bits per heavy atom. The summed E-state index contributed by atoms with van der Waals surface area (Å²) in [5.74, 6) is -1.32. The third kappa shape index (κ3) is 3.52. The van der Waals surface area contributed by atoms with Gasteiger partial charge in [-0.1, -0.05) is 11.6 Å². The number of nitrogens with zero attached hydrogens (tertiary/aromatic N) is 1. The molecule has 2 aromatic rings. The number of carbonyl (C=O) groups is 1. The second-order valence-electron chi connectivity index (χ2n) is 3.91. The number of nitrogens with one attached hydrogen (secondary N) is 1. The van der Waals surface area contributed by atoms with Gasteiger partial charge in [0.15, 0.2) is 0 Å². The first-order valence-electron chi connectivity index (χ1n) is 5.46. The summed E-state index contributed by atoms with van der Waals surface area (Å²) in [6, 6.07) is 5.18. The van der Waals surface area contributed by atoms with Gasteiger partial charge in [0.2, 0.25) is 0 Å². The van der Waals surface area contributed by atoms with E-state index in [0.29, 0.717) is 5.69 Å². The highest BCUT2D eigenvalue weighted by Gasteiger charge is 2.21. The second kappa shape index (κ2) is 6.00. The summed E-state index contributed by atoms with van der Waals surface area (Å²) in [4.78, 5) is 14.6. The summed E-state index contributed by atoms with van der Waals surface area (Å²) >= 11 is 8.86. The highest BCUT2D eigenvalue weighted by molar-refractivity contribution is 9.10. The van der Waals surface area contributed by atoms with Gasteiger partial charge in [0.25, 0.3) is 10.0 Å². The van der Waals surface area contributed by atoms with Crippen LogP contribution in [0.4, 0.5) is 5.69 Å². The number of sulfonamides is 1. The normalized spacial score (nSPS) is 11.1. The van der Waals surface area contributed by atoms with Crippen LogP contribution in [-0.2, 0) is 10.0 Å². The minimum absolute atomic E-state index is 0.0645. The Hall–Kier alpha value is -1.64. The highest BCUT2D eigenvalue weighted by atomic mass is 79.9. The van der Waals surface area contributed by atoms with Gasteiger partial charge in [0.05, 0.1) is 21.2 Å². The molecule has 0 atom stereocenters. The highest BCUT2D eigenvalue weighted by Crippen LogP contribution is 2.30. The lowest BCUT2D eigenvalue weighted by Crippen LogP contribution is -2.14. The first kappa shape index (κ1) is 15.7. The topological polar surface area (TPSA) is 96.4 Å². The Morgan fingerprint density at radius 3 is 2.48 bits per heavy atom. The number of hydrogen-bond acceptors (Lipinski definition) is 4. The molecule has 0 saturated heterocycles. The van der Waals surface area contributed by atoms with Crippen LogP contribution in [-0.4, -0.2) is 24.5 Å². The predicted molar refractivity (Wildman–Crippen MR) is 81.2 cm³/mol. The van der Waals surface area contributed by atoms with Crippen molar-refractivity contribution in [1.29, 1.82) is 0 Å². The molecule has 0 unspecified atom stereocenters. The molecule has 2 rings (SSSR count). The van der Waals surface area contributed by atoms with E-state index in [9.17, 15) is 13.2 Å². The minimum atomic E-state index is -3.94. The van der Waals surface area contributed by atoms with E-state index in [0.717, 1.165) is 6.07 Å². The fourth-order valence-corrected chi connectivity index (χ4v) is 3.42. The van der Waals surface area contributed by atoms with E-state index in [1.807, 2.05) is 0 Å². The molecular weight excluding hydrogens is 384 g/mol. The minimum Gasteiger partial charge on any atom is -0.478 e. The summed E-state index contributed by atoms with van der Waals surface area (Å²) in [6.45, 7) is 0. The summed E-state index contributed by atoms with van der Waals surface area (Å²) < 4.78 is 27.0. The molecule has 0 radical (unpaired) electrons. The quantitative estimate of drug-likeness (QED) is 0.835. The number of carboxylic acid groups (broad SMARTS) is 1. The zero-order valence-corrected chi connectivity index (χ0v) is 13.4. The van der Waals surface area contributed by atoms with Crippen LogP contribution in [0.3, 0.4) is 0 Å². The number of halogens is 2. The number of aromatic nitrogens is 1. The van der Waals surface area contributed by atoms with Crippen molar-refractivity contribution < 1.29 is 18.3 Å². The van der Waals surface area contributed by atoms with E-state index in [1.54, 1.807) is 0 Å². The van der Waals surface area contributed by atoms with Crippen LogP contribution in [0.25, 0.3) is 0 Å². The van der Waals surface area contributed by atoms with Crippen LogP contribution in [0.5, 0.6) is 0 Å². The molecule has 0 aliphatic rings. The number of aromatic carboxylic acids is 1. The predicted octanol–water partition coefficient (Wildman–Crippen LogP) is 3.00. The SMILES string of the molecule is O=C(O)c1cc(S(=O)(=O)Nc2ccncc2)cc(Br)c1Cl. The van der Waals surface area contributed by atoms with Crippen molar-refractivity contribution in [3.8, 4) is 0 Å². The largest absolute Gasteiger partial charge is 0.478 e. The Morgan fingerprint density at radius 1 is 1.29 bits per heavy atom. The Bertz CT molecular complexity index is 796. The maximum absolute atomic E-state index is 12.3. The molecule has 0 saturated carbocycles. The van der Waals surface area contributed by atoms with Gasteiger partial charge in [-0.3, -0.25) is 9.71 Å². The third-order valence-corrected chi connectivity index (χ3v) is 5.10. The molecule has 1 aromatic heterocycles. The molecule has 0 fully saturated rings. The fraction of sp³-hybridized carbons (Fsp3) is 0. The second-order valence-corrected chi connectivity index (χ2v) is 6.83. The van der Waals surface area contributed by atoms with Crippen molar-refractivity contribution >= 4 is 49.2 Å². The van der Waals surface area contributed by atoms with E-state index < -0.39 is 16.0 Å². The molecule has 1 heterocycles. The first-order valence-corrected chi connectivity index (χ1v) is 8.12. The van der Waals surface area contributed by atoms with E-state index in [4.69, 9.17) is 16.7 Å². The van der Waals surface area contributed by atoms with Crippen molar-refractivity contribution in [3.63, 3.8) is 0 Å². The fourth-order valence-electron chi connectivity index (χ4n) is 1.51. The molecule has 0 bridgehead atoms. The van der Waals surface area contributed by atoms with E-state index in [2.05, 4.69) is 25.6 Å². The van der Waals surface area contributed by atoms with Gasteiger partial charge < -0.3 is 5.11 Å². The Kier molecular flexibility index (Phi) is 4.50. The average Bonchev–Trinajstić information content (AvgIpc) is 2.41. The van der Waals surface area contributed by atoms with Gasteiger partial charge in [-0.15, -0.1) is 0 Å². The Labute approximate surface area is 134 Å². The first-order chi connectivity index (χ1) is 9.81. The van der Waals surface area contributed by atoms with Crippen molar-refractivity contribution in [3.05, 3.63) is 51.7 Å². The summed E-state index contributed by atoms with van der Waals surface area (Å²) in [6.07, 6.45) is 2.86. The summed E-state index contributed by atoms with van der Waals surface area (Å²) in [5, 5.41) is 8.98. The molecule has 1 aromatic carbocycles. The molecule has 110 valence electrons. The number of rotatable bonds is 4. The smallest absolute Gasteiger partial charge is 0.337 e. The van der Waals surface area contributed by atoms with Gasteiger partial charge in [-0.2, -0.15) is 0 Å². The molecule has 2 N–H and O–H groups in total. The lowest BCUT2D eigenvalue weighted by molar-refractivity contribution is 0.0696. The molecular formula is C12H8BrClN2O4S. The molecule has 9 heteroatoms. The number of hydrogen-bond donors (Lipinski definition) is 2. The van der Waals surface area contributed by atoms with Crippen LogP contribution in [0.15, 0.2) is 46.0 Å². The molecule has 0 aliphatic heterocycles.